The second-order valence-corrected chi connectivity index (χ2v) is 5.83. The Labute approximate surface area is 135 Å². The minimum atomic E-state index is -0.0725. The summed E-state index contributed by atoms with van der Waals surface area (Å²) in [6.45, 7) is 5.07. The standard InChI is InChI=1S/C15H22N6O2/c1-3-20-8-9-21(10-12(20)14-16-6-7-17-14)15(23)11-4-5-13(22)19(2)18-11/h6-7,12H,3-5,8-10H2,1-2H3,(H,16,17)/t12-/m0/s1. The number of carbonyl (C=O) groups is 2. The highest BCUT2D eigenvalue weighted by Crippen LogP contribution is 2.23. The Kier molecular flexibility index (Phi) is 4.42. The molecule has 1 aromatic heterocycles. The largest absolute Gasteiger partial charge is 0.347 e. The molecule has 0 unspecified atom stereocenters. The lowest BCUT2D eigenvalue weighted by molar-refractivity contribution is -0.131. The molecular weight excluding hydrogens is 296 g/mol. The lowest BCUT2D eigenvalue weighted by Crippen LogP contribution is -2.52. The molecule has 23 heavy (non-hydrogen) atoms. The molecule has 8 nitrogen and oxygen atoms in total. The van der Waals surface area contributed by atoms with Crippen LogP contribution in [0.4, 0.5) is 0 Å². The molecular formula is C15H22N6O2. The molecule has 0 bridgehead atoms. The maximum Gasteiger partial charge on any atom is 0.270 e. The Bertz CT molecular complexity index is 611. The fourth-order valence-electron chi connectivity index (χ4n) is 3.11. The van der Waals surface area contributed by atoms with Crippen molar-refractivity contribution in [2.75, 3.05) is 33.2 Å². The Morgan fingerprint density at radius 3 is 2.87 bits per heavy atom. The first-order chi connectivity index (χ1) is 11.1. The van der Waals surface area contributed by atoms with Gasteiger partial charge in [-0.25, -0.2) is 9.99 Å². The molecule has 2 aliphatic heterocycles. The second kappa shape index (κ2) is 6.49. The summed E-state index contributed by atoms with van der Waals surface area (Å²) >= 11 is 0. The summed E-state index contributed by atoms with van der Waals surface area (Å²) in [5.41, 5.74) is 0.468. The number of carbonyl (C=O) groups excluding carboxylic acids is 2. The van der Waals surface area contributed by atoms with Crippen molar-refractivity contribution in [3.8, 4) is 0 Å². The van der Waals surface area contributed by atoms with Crippen LogP contribution in [0.2, 0.25) is 0 Å². The fraction of sp³-hybridized carbons (Fsp3) is 0.600. The van der Waals surface area contributed by atoms with Crippen LogP contribution in [0.25, 0.3) is 0 Å². The number of nitrogens with zero attached hydrogens (tertiary/aromatic N) is 5. The first-order valence-electron chi connectivity index (χ1n) is 7.96. The van der Waals surface area contributed by atoms with Gasteiger partial charge in [0.2, 0.25) is 5.91 Å². The molecule has 124 valence electrons. The van der Waals surface area contributed by atoms with E-state index >= 15 is 0 Å². The number of aromatic nitrogens is 2. The van der Waals surface area contributed by atoms with Crippen LogP contribution < -0.4 is 0 Å². The van der Waals surface area contributed by atoms with E-state index in [2.05, 4.69) is 26.9 Å². The van der Waals surface area contributed by atoms with E-state index in [0.29, 0.717) is 31.6 Å². The van der Waals surface area contributed by atoms with Crippen LogP contribution in [0.3, 0.4) is 0 Å². The minimum absolute atomic E-state index is 0.0502. The van der Waals surface area contributed by atoms with Crippen molar-refractivity contribution in [1.29, 1.82) is 0 Å². The zero-order valence-electron chi connectivity index (χ0n) is 13.5. The summed E-state index contributed by atoms with van der Waals surface area (Å²) in [5, 5.41) is 5.40. The zero-order valence-corrected chi connectivity index (χ0v) is 13.5. The quantitative estimate of drug-likeness (QED) is 0.864. The Morgan fingerprint density at radius 1 is 1.39 bits per heavy atom. The fourth-order valence-corrected chi connectivity index (χ4v) is 3.11. The van der Waals surface area contributed by atoms with Crippen LogP contribution in [0.5, 0.6) is 0 Å². The number of hydrogen-bond donors (Lipinski definition) is 1. The van der Waals surface area contributed by atoms with Crippen molar-refractivity contribution in [3.05, 3.63) is 18.2 Å². The van der Waals surface area contributed by atoms with Gasteiger partial charge >= 0.3 is 0 Å². The van der Waals surface area contributed by atoms with Crippen LogP contribution in [0.15, 0.2) is 17.5 Å². The van der Waals surface area contributed by atoms with Crippen molar-refractivity contribution < 1.29 is 9.59 Å². The molecule has 2 amide bonds. The maximum absolute atomic E-state index is 12.7. The first-order valence-corrected chi connectivity index (χ1v) is 7.96. The maximum atomic E-state index is 12.7. The number of hydrogen-bond acceptors (Lipinski definition) is 5. The van der Waals surface area contributed by atoms with E-state index in [1.807, 2.05) is 4.90 Å². The van der Waals surface area contributed by atoms with Gasteiger partial charge in [-0.05, 0) is 6.54 Å². The van der Waals surface area contributed by atoms with E-state index in [9.17, 15) is 9.59 Å². The summed E-state index contributed by atoms with van der Waals surface area (Å²) in [5.74, 6) is 0.754. The van der Waals surface area contributed by atoms with Crippen molar-refractivity contribution in [3.63, 3.8) is 0 Å². The molecule has 1 fully saturated rings. The minimum Gasteiger partial charge on any atom is -0.347 e. The van der Waals surface area contributed by atoms with Gasteiger partial charge in [-0.2, -0.15) is 5.10 Å². The van der Waals surface area contributed by atoms with Gasteiger partial charge in [-0.3, -0.25) is 14.5 Å². The predicted molar refractivity (Wildman–Crippen MR) is 84.6 cm³/mol. The molecule has 1 saturated heterocycles. The van der Waals surface area contributed by atoms with Gasteiger partial charge in [0.05, 0.1) is 6.04 Å². The number of amides is 2. The predicted octanol–water partition coefficient (Wildman–Crippen LogP) is 0.223. The average Bonchev–Trinajstić information content (AvgIpc) is 3.10. The van der Waals surface area contributed by atoms with Gasteiger partial charge in [0.1, 0.15) is 11.5 Å². The molecule has 3 heterocycles. The second-order valence-electron chi connectivity index (χ2n) is 5.83. The molecule has 2 aliphatic rings. The monoisotopic (exact) mass is 318 g/mol. The Hall–Kier alpha value is -2.22. The van der Waals surface area contributed by atoms with Crippen molar-refractivity contribution in [1.82, 2.24) is 24.8 Å². The number of hydrazone groups is 1. The third-order valence-electron chi connectivity index (χ3n) is 4.47. The van der Waals surface area contributed by atoms with Crippen molar-refractivity contribution in [2.24, 2.45) is 5.10 Å². The average molecular weight is 318 g/mol. The van der Waals surface area contributed by atoms with Gasteiger partial charge in [-0.1, -0.05) is 6.92 Å². The SMILES string of the molecule is CCN1CCN(C(=O)C2=NN(C)C(=O)CC2)C[C@H]1c1ncc[nH]1. The third-order valence-corrected chi connectivity index (χ3v) is 4.47. The van der Waals surface area contributed by atoms with Gasteiger partial charge in [0.25, 0.3) is 5.91 Å². The summed E-state index contributed by atoms with van der Waals surface area (Å²) in [4.78, 5) is 35.9. The van der Waals surface area contributed by atoms with Crippen LogP contribution in [-0.2, 0) is 9.59 Å². The lowest BCUT2D eigenvalue weighted by Gasteiger charge is -2.40. The molecule has 0 spiro atoms. The van der Waals surface area contributed by atoms with E-state index in [1.54, 1.807) is 19.4 Å². The number of H-pyrrole nitrogens is 1. The third kappa shape index (κ3) is 3.12. The Balaban J connectivity index is 1.75. The molecule has 0 saturated carbocycles. The normalized spacial score (nSPS) is 23.1. The van der Waals surface area contributed by atoms with Crippen LogP contribution in [0, 0.1) is 0 Å². The van der Waals surface area contributed by atoms with E-state index in [4.69, 9.17) is 0 Å². The number of rotatable bonds is 3. The number of imidazole rings is 1. The lowest BCUT2D eigenvalue weighted by atomic mass is 10.1. The topological polar surface area (TPSA) is 84.9 Å². The smallest absolute Gasteiger partial charge is 0.270 e. The van der Waals surface area contributed by atoms with E-state index in [0.717, 1.165) is 18.9 Å². The van der Waals surface area contributed by atoms with Crippen molar-refractivity contribution >= 4 is 17.5 Å². The van der Waals surface area contributed by atoms with Gasteiger partial charge in [0, 0.05) is 51.9 Å². The van der Waals surface area contributed by atoms with Gasteiger partial charge in [0.15, 0.2) is 0 Å². The highest BCUT2D eigenvalue weighted by atomic mass is 16.2. The van der Waals surface area contributed by atoms with E-state index in [1.165, 1.54) is 5.01 Å². The Morgan fingerprint density at radius 2 is 2.22 bits per heavy atom. The highest BCUT2D eigenvalue weighted by molar-refractivity contribution is 6.39. The number of aromatic amines is 1. The van der Waals surface area contributed by atoms with Crippen LogP contribution in [0.1, 0.15) is 31.6 Å². The molecule has 8 heteroatoms. The number of likely N-dealkylation sites (N-methyl/N-ethyl adjacent to an activating group) is 1. The summed E-state index contributed by atoms with van der Waals surface area (Å²) in [6, 6.07) is 0.0660. The molecule has 1 atom stereocenters. The molecule has 0 radical (unpaired) electrons. The molecule has 1 aromatic rings. The van der Waals surface area contributed by atoms with E-state index in [-0.39, 0.29) is 17.9 Å². The molecule has 3 rings (SSSR count). The molecule has 1 N–H and O–H groups in total. The number of piperazine rings is 1. The van der Waals surface area contributed by atoms with Crippen LogP contribution >= 0.6 is 0 Å². The summed E-state index contributed by atoms with van der Waals surface area (Å²) in [6.07, 6.45) is 4.30. The van der Waals surface area contributed by atoms with Gasteiger partial charge < -0.3 is 9.88 Å². The van der Waals surface area contributed by atoms with Crippen molar-refractivity contribution in [2.45, 2.75) is 25.8 Å². The van der Waals surface area contributed by atoms with E-state index < -0.39 is 0 Å². The highest BCUT2D eigenvalue weighted by Gasteiger charge is 2.34. The zero-order chi connectivity index (χ0) is 16.4. The first kappa shape index (κ1) is 15.7. The summed E-state index contributed by atoms with van der Waals surface area (Å²) < 4.78 is 0. The van der Waals surface area contributed by atoms with Crippen LogP contribution in [-0.4, -0.2) is 75.5 Å². The molecule has 0 aromatic carbocycles. The van der Waals surface area contributed by atoms with Gasteiger partial charge in [-0.15, -0.1) is 0 Å². The number of nitrogens with one attached hydrogen (secondary N) is 1. The summed E-state index contributed by atoms with van der Waals surface area (Å²) in [7, 11) is 1.59. The molecule has 0 aliphatic carbocycles.